The number of hydrogen-bond acceptors (Lipinski definition) is 3. The van der Waals surface area contributed by atoms with Gasteiger partial charge in [0.25, 0.3) is 0 Å². The number of carbonyl (C=O) groups excluding carboxylic acids is 1. The van der Waals surface area contributed by atoms with Crippen molar-refractivity contribution in [2.24, 2.45) is 5.92 Å². The summed E-state index contributed by atoms with van der Waals surface area (Å²) in [7, 11) is 1.85. The molecule has 0 spiro atoms. The maximum atomic E-state index is 11.5. The molecule has 0 fully saturated rings. The first kappa shape index (κ1) is 13.2. The lowest BCUT2D eigenvalue weighted by atomic mass is 10.1. The number of carboxylic acids is 1. The summed E-state index contributed by atoms with van der Waals surface area (Å²) in [6.07, 6.45) is 0. The predicted molar refractivity (Wildman–Crippen MR) is 64.6 cm³/mol. The predicted octanol–water partition coefficient (Wildman–Crippen LogP) is 1.07. The van der Waals surface area contributed by atoms with Crippen LogP contribution in [-0.2, 0) is 16.1 Å². The Morgan fingerprint density at radius 3 is 2.35 bits per heavy atom. The zero-order chi connectivity index (χ0) is 12.8. The van der Waals surface area contributed by atoms with E-state index in [9.17, 15) is 9.59 Å². The highest BCUT2D eigenvalue weighted by Gasteiger charge is 2.20. The van der Waals surface area contributed by atoms with Gasteiger partial charge in [0, 0.05) is 12.2 Å². The first-order chi connectivity index (χ1) is 8.04. The van der Waals surface area contributed by atoms with Gasteiger partial charge in [0.15, 0.2) is 0 Å². The van der Waals surface area contributed by atoms with Crippen LogP contribution in [0.15, 0.2) is 24.3 Å². The van der Waals surface area contributed by atoms with Crippen LogP contribution in [0.5, 0.6) is 0 Å². The maximum absolute atomic E-state index is 11.5. The van der Waals surface area contributed by atoms with Crippen LogP contribution in [0.4, 0.5) is 5.69 Å². The van der Waals surface area contributed by atoms with Crippen molar-refractivity contribution in [3.63, 3.8) is 0 Å². The Morgan fingerprint density at radius 1 is 1.29 bits per heavy atom. The molecule has 3 N–H and O–H groups in total. The molecule has 1 rings (SSSR count). The van der Waals surface area contributed by atoms with Gasteiger partial charge in [-0.25, -0.2) is 0 Å². The number of carbonyl (C=O) groups is 2. The number of rotatable bonds is 5. The third-order valence-electron chi connectivity index (χ3n) is 2.37. The van der Waals surface area contributed by atoms with E-state index in [2.05, 4.69) is 10.6 Å². The summed E-state index contributed by atoms with van der Waals surface area (Å²) in [5.74, 6) is -2.69. The van der Waals surface area contributed by atoms with Crippen LogP contribution >= 0.6 is 0 Å². The molecule has 0 bridgehead atoms. The van der Waals surface area contributed by atoms with Gasteiger partial charge in [-0.1, -0.05) is 12.1 Å². The highest BCUT2D eigenvalue weighted by Crippen LogP contribution is 2.11. The van der Waals surface area contributed by atoms with E-state index >= 15 is 0 Å². The van der Waals surface area contributed by atoms with Crippen LogP contribution in [-0.4, -0.2) is 24.0 Å². The van der Waals surface area contributed by atoms with Crippen molar-refractivity contribution in [3.8, 4) is 0 Å². The summed E-state index contributed by atoms with van der Waals surface area (Å²) in [6.45, 7) is 2.10. The van der Waals surface area contributed by atoms with Gasteiger partial charge in [0.05, 0.1) is 0 Å². The van der Waals surface area contributed by atoms with E-state index in [1.165, 1.54) is 6.92 Å². The van der Waals surface area contributed by atoms with Crippen LogP contribution in [0.3, 0.4) is 0 Å². The van der Waals surface area contributed by atoms with Gasteiger partial charge in [0.2, 0.25) is 5.91 Å². The SMILES string of the molecule is CNCc1ccc(NC(=O)C(C)C(=O)O)cc1. The van der Waals surface area contributed by atoms with Crippen LogP contribution < -0.4 is 10.6 Å². The smallest absolute Gasteiger partial charge is 0.315 e. The fraction of sp³-hybridized carbons (Fsp3) is 0.333. The summed E-state index contributed by atoms with van der Waals surface area (Å²) in [5, 5.41) is 14.2. The fourth-order valence-corrected chi connectivity index (χ4v) is 1.27. The van der Waals surface area contributed by atoms with Crippen LogP contribution in [0, 0.1) is 5.92 Å². The number of anilines is 1. The lowest BCUT2D eigenvalue weighted by Crippen LogP contribution is -2.26. The summed E-state index contributed by atoms with van der Waals surface area (Å²) in [5.41, 5.74) is 1.69. The zero-order valence-electron chi connectivity index (χ0n) is 9.86. The average molecular weight is 236 g/mol. The molecule has 1 atom stereocenters. The van der Waals surface area contributed by atoms with Gasteiger partial charge < -0.3 is 15.7 Å². The van der Waals surface area contributed by atoms with Crippen molar-refractivity contribution in [3.05, 3.63) is 29.8 Å². The monoisotopic (exact) mass is 236 g/mol. The molecular formula is C12H16N2O3. The van der Waals surface area contributed by atoms with Crippen molar-refractivity contribution in [1.29, 1.82) is 0 Å². The minimum absolute atomic E-state index is 0.515. The summed E-state index contributed by atoms with van der Waals surface area (Å²) in [6, 6.07) is 7.24. The normalized spacial score (nSPS) is 11.9. The van der Waals surface area contributed by atoms with Gasteiger partial charge >= 0.3 is 5.97 Å². The van der Waals surface area contributed by atoms with Crippen LogP contribution in [0.1, 0.15) is 12.5 Å². The second-order valence-corrected chi connectivity index (χ2v) is 3.78. The molecule has 0 aliphatic heterocycles. The Balaban J connectivity index is 2.63. The van der Waals surface area contributed by atoms with Crippen molar-refractivity contribution >= 4 is 17.6 Å². The fourth-order valence-electron chi connectivity index (χ4n) is 1.27. The standard InChI is InChI=1S/C12H16N2O3/c1-8(12(16)17)11(15)14-10-5-3-9(4-6-10)7-13-2/h3-6,8,13H,7H2,1-2H3,(H,14,15)(H,16,17). The van der Waals surface area contributed by atoms with Gasteiger partial charge in [-0.05, 0) is 31.7 Å². The molecule has 1 unspecified atom stereocenters. The Hall–Kier alpha value is -1.88. The van der Waals surface area contributed by atoms with Crippen molar-refractivity contribution < 1.29 is 14.7 Å². The molecular weight excluding hydrogens is 220 g/mol. The molecule has 5 heteroatoms. The molecule has 17 heavy (non-hydrogen) atoms. The maximum Gasteiger partial charge on any atom is 0.315 e. The van der Waals surface area contributed by atoms with E-state index in [0.717, 1.165) is 12.1 Å². The van der Waals surface area contributed by atoms with E-state index in [1.54, 1.807) is 12.1 Å². The van der Waals surface area contributed by atoms with Crippen molar-refractivity contribution in [1.82, 2.24) is 5.32 Å². The van der Waals surface area contributed by atoms with E-state index < -0.39 is 17.8 Å². The second kappa shape index (κ2) is 6.00. The molecule has 1 amide bonds. The number of aliphatic carboxylic acids is 1. The molecule has 0 heterocycles. The van der Waals surface area contributed by atoms with Gasteiger partial charge in [-0.3, -0.25) is 9.59 Å². The summed E-state index contributed by atoms with van der Waals surface area (Å²) < 4.78 is 0. The lowest BCUT2D eigenvalue weighted by molar-refractivity contribution is -0.144. The van der Waals surface area contributed by atoms with Gasteiger partial charge in [-0.15, -0.1) is 0 Å². The van der Waals surface area contributed by atoms with E-state index in [0.29, 0.717) is 5.69 Å². The largest absolute Gasteiger partial charge is 0.481 e. The minimum Gasteiger partial charge on any atom is -0.481 e. The Bertz CT molecular complexity index is 401. The molecule has 0 radical (unpaired) electrons. The number of hydrogen-bond donors (Lipinski definition) is 3. The number of benzene rings is 1. The highest BCUT2D eigenvalue weighted by molar-refractivity contribution is 6.03. The Morgan fingerprint density at radius 2 is 1.88 bits per heavy atom. The molecule has 0 aromatic heterocycles. The number of carboxylic acid groups (broad SMARTS) is 1. The first-order valence-corrected chi connectivity index (χ1v) is 5.32. The summed E-state index contributed by atoms with van der Waals surface area (Å²) in [4.78, 5) is 22.1. The van der Waals surface area contributed by atoms with Crippen molar-refractivity contribution in [2.75, 3.05) is 12.4 Å². The minimum atomic E-state index is -1.13. The molecule has 0 aliphatic carbocycles. The third kappa shape index (κ3) is 3.88. The highest BCUT2D eigenvalue weighted by atomic mass is 16.4. The van der Waals surface area contributed by atoms with Crippen LogP contribution in [0.2, 0.25) is 0 Å². The van der Waals surface area contributed by atoms with Crippen molar-refractivity contribution in [2.45, 2.75) is 13.5 Å². The number of amides is 1. The Kier molecular flexibility index (Phi) is 4.66. The first-order valence-electron chi connectivity index (χ1n) is 5.32. The van der Waals surface area contributed by atoms with Gasteiger partial charge in [0.1, 0.15) is 5.92 Å². The molecule has 0 saturated heterocycles. The lowest BCUT2D eigenvalue weighted by Gasteiger charge is -2.08. The molecule has 1 aromatic rings. The third-order valence-corrected chi connectivity index (χ3v) is 2.37. The zero-order valence-corrected chi connectivity index (χ0v) is 9.86. The molecule has 92 valence electrons. The number of nitrogens with one attached hydrogen (secondary N) is 2. The average Bonchev–Trinajstić information content (AvgIpc) is 2.30. The second-order valence-electron chi connectivity index (χ2n) is 3.78. The quantitative estimate of drug-likeness (QED) is 0.668. The van der Waals surface area contributed by atoms with E-state index in [1.807, 2.05) is 19.2 Å². The molecule has 0 aliphatic rings. The topological polar surface area (TPSA) is 78.4 Å². The van der Waals surface area contributed by atoms with Crippen LogP contribution in [0.25, 0.3) is 0 Å². The molecule has 1 aromatic carbocycles. The Labute approximate surface area is 99.8 Å². The summed E-state index contributed by atoms with van der Waals surface area (Å²) >= 11 is 0. The van der Waals surface area contributed by atoms with E-state index in [4.69, 9.17) is 5.11 Å². The van der Waals surface area contributed by atoms with Gasteiger partial charge in [-0.2, -0.15) is 0 Å². The molecule has 5 nitrogen and oxygen atoms in total. The van der Waals surface area contributed by atoms with E-state index in [-0.39, 0.29) is 0 Å². The molecule has 0 saturated carbocycles.